The van der Waals surface area contributed by atoms with Gasteiger partial charge in [-0.2, -0.15) is 0 Å². The summed E-state index contributed by atoms with van der Waals surface area (Å²) in [6.07, 6.45) is -2.83. The van der Waals surface area contributed by atoms with Gasteiger partial charge in [0.25, 0.3) is 6.43 Å². The Morgan fingerprint density at radius 3 is 2.81 bits per heavy atom. The van der Waals surface area contributed by atoms with Crippen LogP contribution in [0.2, 0.25) is 5.02 Å². The molecule has 1 aromatic heterocycles. The molecule has 0 aromatic carbocycles. The van der Waals surface area contributed by atoms with E-state index >= 15 is 0 Å². The summed E-state index contributed by atoms with van der Waals surface area (Å²) in [4.78, 5) is 14.8. The molecule has 0 atom stereocenters. The summed E-state index contributed by atoms with van der Waals surface area (Å²) in [5.74, 6) is -0.536. The van der Waals surface area contributed by atoms with Gasteiger partial charge in [0, 0.05) is 0 Å². The van der Waals surface area contributed by atoms with Gasteiger partial charge in [0.05, 0.1) is 29.8 Å². The monoisotopic (exact) mass is 313 g/mol. The van der Waals surface area contributed by atoms with Gasteiger partial charge in [-0.25, -0.2) is 13.8 Å². The van der Waals surface area contributed by atoms with Crippen molar-refractivity contribution >= 4 is 33.5 Å². The third kappa shape index (κ3) is 3.12. The molecule has 0 spiro atoms. The van der Waals surface area contributed by atoms with Gasteiger partial charge in [-0.05, 0) is 22.0 Å². The molecule has 16 heavy (non-hydrogen) atoms. The van der Waals surface area contributed by atoms with E-state index in [4.69, 9.17) is 11.6 Å². The van der Waals surface area contributed by atoms with Crippen molar-refractivity contribution in [2.75, 3.05) is 7.11 Å². The summed E-state index contributed by atoms with van der Waals surface area (Å²) < 4.78 is 29.3. The van der Waals surface area contributed by atoms with Crippen molar-refractivity contribution in [3.8, 4) is 0 Å². The molecular weight excluding hydrogens is 307 g/mol. The van der Waals surface area contributed by atoms with Crippen molar-refractivity contribution < 1.29 is 18.3 Å². The van der Waals surface area contributed by atoms with Crippen LogP contribution in [0.25, 0.3) is 0 Å². The minimum absolute atomic E-state index is 0.0175. The smallest absolute Gasteiger partial charge is 0.311 e. The number of pyridine rings is 1. The van der Waals surface area contributed by atoms with Crippen LogP contribution in [-0.4, -0.2) is 18.1 Å². The van der Waals surface area contributed by atoms with Crippen LogP contribution in [0.5, 0.6) is 0 Å². The molecule has 0 radical (unpaired) electrons. The van der Waals surface area contributed by atoms with Crippen molar-refractivity contribution in [3.63, 3.8) is 0 Å². The molecule has 0 aliphatic rings. The summed E-state index contributed by atoms with van der Waals surface area (Å²) >= 11 is 8.61. The molecule has 1 aromatic rings. The summed E-state index contributed by atoms with van der Waals surface area (Å²) in [6, 6.07) is 1.08. The predicted octanol–water partition coefficient (Wildman–Crippen LogP) is 3.15. The van der Waals surface area contributed by atoms with Crippen molar-refractivity contribution in [1.82, 2.24) is 4.98 Å². The van der Waals surface area contributed by atoms with Crippen LogP contribution in [0.3, 0.4) is 0 Å². The quantitative estimate of drug-likeness (QED) is 0.635. The maximum Gasteiger partial charge on any atom is 0.311 e. The number of carbonyl (C=O) groups is 1. The molecule has 3 nitrogen and oxygen atoms in total. The Morgan fingerprint density at radius 2 is 2.31 bits per heavy atom. The first-order valence-corrected chi connectivity index (χ1v) is 5.32. The zero-order valence-electron chi connectivity index (χ0n) is 8.14. The third-order valence-electron chi connectivity index (χ3n) is 1.80. The van der Waals surface area contributed by atoms with E-state index in [2.05, 4.69) is 25.7 Å². The second-order valence-corrected chi connectivity index (χ2v) is 4.01. The van der Waals surface area contributed by atoms with Crippen molar-refractivity contribution in [2.24, 2.45) is 0 Å². The predicted molar refractivity (Wildman–Crippen MR) is 57.6 cm³/mol. The van der Waals surface area contributed by atoms with Gasteiger partial charge in [0.15, 0.2) is 0 Å². The van der Waals surface area contributed by atoms with E-state index in [1.807, 2.05) is 0 Å². The molecular formula is C9H7BrClF2NO2. The van der Waals surface area contributed by atoms with Gasteiger partial charge in [-0.15, -0.1) is 0 Å². The topological polar surface area (TPSA) is 39.2 Å². The highest BCUT2D eigenvalue weighted by atomic mass is 79.9. The molecule has 0 saturated heterocycles. The lowest BCUT2D eigenvalue weighted by Gasteiger charge is -2.07. The van der Waals surface area contributed by atoms with Gasteiger partial charge >= 0.3 is 5.97 Å². The molecule has 0 fully saturated rings. The summed E-state index contributed by atoms with van der Waals surface area (Å²) in [6.45, 7) is 0. The largest absolute Gasteiger partial charge is 0.469 e. The Balaban J connectivity index is 3.05. The van der Waals surface area contributed by atoms with Crippen LogP contribution in [0.4, 0.5) is 8.78 Å². The number of carbonyl (C=O) groups excluding carboxylic acids is 1. The molecule has 0 N–H and O–H groups in total. The number of aromatic nitrogens is 1. The molecule has 88 valence electrons. The first-order chi connectivity index (χ1) is 7.45. The van der Waals surface area contributed by atoms with E-state index in [0.717, 1.165) is 6.07 Å². The Labute approximate surface area is 104 Å². The normalized spacial score (nSPS) is 10.6. The lowest BCUT2D eigenvalue weighted by molar-refractivity contribution is -0.139. The number of alkyl halides is 2. The minimum Gasteiger partial charge on any atom is -0.469 e. The van der Waals surface area contributed by atoms with Crippen LogP contribution >= 0.6 is 27.5 Å². The van der Waals surface area contributed by atoms with Crippen LogP contribution in [0, 0.1) is 0 Å². The number of esters is 1. The molecule has 0 saturated carbocycles. The fraction of sp³-hybridized carbons (Fsp3) is 0.333. The SMILES string of the molecule is COC(=O)Cc1nc(Br)c(C(F)F)cc1Cl. The lowest BCUT2D eigenvalue weighted by atomic mass is 10.2. The van der Waals surface area contributed by atoms with E-state index in [-0.39, 0.29) is 27.3 Å². The lowest BCUT2D eigenvalue weighted by Crippen LogP contribution is -2.07. The molecule has 1 rings (SSSR count). The Bertz CT molecular complexity index is 415. The van der Waals surface area contributed by atoms with Crippen LogP contribution in [0.15, 0.2) is 10.7 Å². The fourth-order valence-corrected chi connectivity index (χ4v) is 1.73. The van der Waals surface area contributed by atoms with Gasteiger partial charge in [0.2, 0.25) is 0 Å². The minimum atomic E-state index is -2.67. The highest BCUT2D eigenvalue weighted by Crippen LogP contribution is 2.30. The molecule has 0 aliphatic carbocycles. The highest BCUT2D eigenvalue weighted by molar-refractivity contribution is 9.10. The van der Waals surface area contributed by atoms with Crippen molar-refractivity contribution in [3.05, 3.63) is 26.9 Å². The maximum absolute atomic E-state index is 12.4. The van der Waals surface area contributed by atoms with Gasteiger partial charge < -0.3 is 4.74 Å². The molecule has 1 heterocycles. The summed E-state index contributed by atoms with van der Waals surface area (Å²) in [7, 11) is 1.22. The second-order valence-electron chi connectivity index (χ2n) is 2.85. The van der Waals surface area contributed by atoms with E-state index < -0.39 is 12.4 Å². The Morgan fingerprint density at radius 1 is 1.69 bits per heavy atom. The number of methoxy groups -OCH3 is 1. The zero-order valence-corrected chi connectivity index (χ0v) is 10.5. The number of hydrogen-bond donors (Lipinski definition) is 0. The summed E-state index contributed by atoms with van der Waals surface area (Å²) in [5.41, 5.74) is -0.108. The van der Waals surface area contributed by atoms with Gasteiger partial charge in [0.1, 0.15) is 4.60 Å². The van der Waals surface area contributed by atoms with Crippen molar-refractivity contribution in [2.45, 2.75) is 12.8 Å². The molecule has 7 heteroatoms. The number of halogens is 4. The standard InChI is InChI=1S/C9H7BrClF2NO2/c1-16-7(15)3-6-5(11)2-4(9(12)13)8(10)14-6/h2,9H,3H2,1H3. The first kappa shape index (κ1) is 13.3. The zero-order chi connectivity index (χ0) is 12.3. The van der Waals surface area contributed by atoms with E-state index in [0.29, 0.717) is 0 Å². The van der Waals surface area contributed by atoms with E-state index in [1.165, 1.54) is 7.11 Å². The Hall–Kier alpha value is -0.750. The fourth-order valence-electron chi connectivity index (χ4n) is 1.00. The van der Waals surface area contributed by atoms with Crippen LogP contribution < -0.4 is 0 Å². The molecule has 0 unspecified atom stereocenters. The second kappa shape index (κ2) is 5.54. The van der Waals surface area contributed by atoms with Crippen LogP contribution in [-0.2, 0) is 16.0 Å². The third-order valence-corrected chi connectivity index (χ3v) is 2.77. The molecule has 0 aliphatic heterocycles. The first-order valence-electron chi connectivity index (χ1n) is 4.15. The number of hydrogen-bond acceptors (Lipinski definition) is 3. The summed E-state index contributed by atoms with van der Waals surface area (Å²) in [5, 5.41) is 0.0175. The van der Waals surface area contributed by atoms with Gasteiger partial charge in [-0.1, -0.05) is 11.6 Å². The van der Waals surface area contributed by atoms with Gasteiger partial charge in [-0.3, -0.25) is 4.79 Å². The van der Waals surface area contributed by atoms with E-state index in [9.17, 15) is 13.6 Å². The Kier molecular flexibility index (Phi) is 4.61. The maximum atomic E-state index is 12.4. The number of ether oxygens (including phenoxy) is 1. The van der Waals surface area contributed by atoms with Crippen molar-refractivity contribution in [1.29, 1.82) is 0 Å². The highest BCUT2D eigenvalue weighted by Gasteiger charge is 2.17. The molecule has 0 amide bonds. The average molecular weight is 315 g/mol. The number of rotatable bonds is 3. The average Bonchev–Trinajstić information content (AvgIpc) is 2.22. The number of nitrogens with zero attached hydrogens (tertiary/aromatic N) is 1. The molecule has 0 bridgehead atoms. The van der Waals surface area contributed by atoms with Crippen LogP contribution in [0.1, 0.15) is 17.7 Å². The van der Waals surface area contributed by atoms with E-state index in [1.54, 1.807) is 0 Å².